The molecule has 0 radical (unpaired) electrons. The van der Waals surface area contributed by atoms with Crippen LogP contribution in [0.5, 0.6) is 0 Å². The third-order valence-corrected chi connectivity index (χ3v) is 9.35. The zero-order valence-electron chi connectivity index (χ0n) is 8.61. The zero-order valence-corrected chi connectivity index (χ0v) is 12.2. The Morgan fingerprint density at radius 1 is 1.07 bits per heavy atom. The summed E-state index contributed by atoms with van der Waals surface area (Å²) in [5.74, 6) is 0. The van der Waals surface area contributed by atoms with Gasteiger partial charge in [-0.15, -0.1) is 0 Å². The maximum atomic E-state index is 2.46. The summed E-state index contributed by atoms with van der Waals surface area (Å²) in [6.07, 6.45) is 21.3. The van der Waals surface area contributed by atoms with Crippen molar-refractivity contribution >= 4 is 0 Å². The van der Waals surface area contributed by atoms with Gasteiger partial charge in [-0.1, -0.05) is 0 Å². The van der Waals surface area contributed by atoms with E-state index in [2.05, 4.69) is 55.5 Å². The van der Waals surface area contributed by atoms with Gasteiger partial charge in [0.2, 0.25) is 0 Å². The van der Waals surface area contributed by atoms with Gasteiger partial charge in [-0.3, -0.25) is 0 Å². The Hall–Kier alpha value is -0.170. The molecule has 0 saturated heterocycles. The SMILES string of the molecule is CCC[C]1([Hf][CH]2C=CC=C2)C=CC=C1. The fourth-order valence-electron chi connectivity index (χ4n) is 2.10. The van der Waals surface area contributed by atoms with Crippen LogP contribution in [0.2, 0.25) is 6.85 Å². The van der Waals surface area contributed by atoms with E-state index in [-0.39, 0.29) is 0 Å². The van der Waals surface area contributed by atoms with Gasteiger partial charge in [0.25, 0.3) is 0 Å². The van der Waals surface area contributed by atoms with Crippen molar-refractivity contribution in [1.29, 1.82) is 0 Å². The van der Waals surface area contributed by atoms with Crippen molar-refractivity contribution in [1.82, 2.24) is 0 Å². The van der Waals surface area contributed by atoms with Crippen LogP contribution in [0.15, 0.2) is 48.6 Å². The van der Waals surface area contributed by atoms with Crippen LogP contribution in [-0.4, -0.2) is 0 Å². The van der Waals surface area contributed by atoms with E-state index in [1.54, 1.807) is 0 Å². The molecular weight excluding hydrogens is 335 g/mol. The normalized spacial score (nSPS) is 22.4. The van der Waals surface area contributed by atoms with Crippen molar-refractivity contribution in [3.63, 3.8) is 0 Å². The van der Waals surface area contributed by atoms with E-state index < -0.39 is 22.9 Å². The van der Waals surface area contributed by atoms with Crippen LogP contribution >= 0.6 is 0 Å². The molecule has 0 bridgehead atoms. The summed E-state index contributed by atoms with van der Waals surface area (Å²) in [6, 6.07) is 0. The number of allylic oxidation sites excluding steroid dienone is 8. The Balaban J connectivity index is 2.04. The topological polar surface area (TPSA) is 0 Å². The van der Waals surface area contributed by atoms with Gasteiger partial charge in [0.1, 0.15) is 0 Å². The second-order valence-corrected chi connectivity index (χ2v) is 10.7. The van der Waals surface area contributed by atoms with Gasteiger partial charge in [-0.05, 0) is 0 Å². The van der Waals surface area contributed by atoms with Crippen molar-refractivity contribution in [2.75, 3.05) is 0 Å². The van der Waals surface area contributed by atoms with E-state index in [0.29, 0.717) is 3.17 Å². The van der Waals surface area contributed by atoms with Crippen molar-refractivity contribution in [3.8, 4) is 0 Å². The first-order valence-corrected chi connectivity index (χ1v) is 9.21. The van der Waals surface area contributed by atoms with Crippen LogP contribution in [0.25, 0.3) is 0 Å². The molecule has 0 aromatic heterocycles. The Kier molecular flexibility index (Phi) is 3.38. The zero-order chi connectivity index (χ0) is 9.86. The molecule has 72 valence electrons. The molecule has 0 amide bonds. The third kappa shape index (κ3) is 2.25. The second kappa shape index (κ2) is 4.57. The Bertz CT molecular complexity index is 283. The molecule has 2 aliphatic rings. The van der Waals surface area contributed by atoms with Gasteiger partial charge in [0.15, 0.2) is 0 Å². The van der Waals surface area contributed by atoms with Gasteiger partial charge in [0, 0.05) is 0 Å². The van der Waals surface area contributed by atoms with Crippen LogP contribution in [0, 0.1) is 0 Å². The van der Waals surface area contributed by atoms with Crippen molar-refractivity contribution in [3.05, 3.63) is 48.6 Å². The monoisotopic (exact) mass is 352 g/mol. The molecular formula is C13H16Hf. The molecule has 0 N–H and O–H groups in total. The summed E-state index contributed by atoms with van der Waals surface area (Å²) in [4.78, 5) is 0. The number of hydrogen-bond donors (Lipinski definition) is 0. The molecule has 2 rings (SSSR count). The summed E-state index contributed by atoms with van der Waals surface area (Å²) >= 11 is -0.636. The molecule has 0 aromatic rings. The summed E-state index contributed by atoms with van der Waals surface area (Å²) in [5.41, 5.74) is 0. The Morgan fingerprint density at radius 3 is 2.29 bits per heavy atom. The molecule has 1 heteroatoms. The quantitative estimate of drug-likeness (QED) is 0.671. The molecule has 0 aliphatic heterocycles. The van der Waals surface area contributed by atoms with Crippen molar-refractivity contribution in [2.45, 2.75) is 26.6 Å². The molecule has 0 aromatic carbocycles. The average molecular weight is 351 g/mol. The standard InChI is InChI=1S/C8H11.C5H5.Hf/c1-2-5-8-6-3-4-7-8;1-2-4-5-3-1;/h3-4,6-7H,2,5H2,1H3;1-5H;. The van der Waals surface area contributed by atoms with Gasteiger partial charge < -0.3 is 0 Å². The fraction of sp³-hybridized carbons (Fsp3) is 0.385. The molecule has 0 unspecified atom stereocenters. The predicted molar refractivity (Wildman–Crippen MR) is 57.9 cm³/mol. The minimum atomic E-state index is -0.636. The van der Waals surface area contributed by atoms with Crippen molar-refractivity contribution < 1.29 is 22.9 Å². The van der Waals surface area contributed by atoms with Crippen LogP contribution in [0.4, 0.5) is 0 Å². The first-order valence-electron chi connectivity index (χ1n) is 5.34. The molecule has 0 fully saturated rings. The molecule has 2 aliphatic carbocycles. The van der Waals surface area contributed by atoms with Crippen molar-refractivity contribution in [2.24, 2.45) is 0 Å². The van der Waals surface area contributed by atoms with E-state index in [0.717, 1.165) is 3.67 Å². The van der Waals surface area contributed by atoms with Gasteiger partial charge in [-0.2, -0.15) is 0 Å². The van der Waals surface area contributed by atoms with Crippen LogP contribution < -0.4 is 0 Å². The first kappa shape index (κ1) is 10.4. The van der Waals surface area contributed by atoms with Gasteiger partial charge >= 0.3 is 98.1 Å². The van der Waals surface area contributed by atoms with Crippen LogP contribution in [0.3, 0.4) is 0 Å². The Morgan fingerprint density at radius 2 is 1.71 bits per heavy atom. The van der Waals surface area contributed by atoms with Gasteiger partial charge in [0.05, 0.1) is 0 Å². The average Bonchev–Trinajstić information content (AvgIpc) is 2.78. The van der Waals surface area contributed by atoms with E-state index in [1.807, 2.05) is 0 Å². The number of rotatable bonds is 4. The van der Waals surface area contributed by atoms with E-state index in [9.17, 15) is 0 Å². The van der Waals surface area contributed by atoms with Crippen LogP contribution in [0.1, 0.15) is 19.8 Å². The summed E-state index contributed by atoms with van der Waals surface area (Å²) in [7, 11) is 0. The summed E-state index contributed by atoms with van der Waals surface area (Å²) in [6.45, 7) is 2.30. The predicted octanol–water partition coefficient (Wildman–Crippen LogP) is 4.07. The molecule has 0 spiro atoms. The molecule has 0 heterocycles. The minimum absolute atomic E-state index is 0.540. The van der Waals surface area contributed by atoms with Gasteiger partial charge in [-0.25, -0.2) is 0 Å². The molecule has 0 atom stereocenters. The van der Waals surface area contributed by atoms with E-state index >= 15 is 0 Å². The number of hydrogen-bond acceptors (Lipinski definition) is 0. The molecule has 14 heavy (non-hydrogen) atoms. The molecule has 0 nitrogen and oxygen atoms in total. The Labute approximate surface area is 97.8 Å². The van der Waals surface area contributed by atoms with E-state index in [1.165, 1.54) is 12.8 Å². The third-order valence-electron chi connectivity index (χ3n) is 2.75. The summed E-state index contributed by atoms with van der Waals surface area (Å²) < 4.78 is 1.38. The van der Waals surface area contributed by atoms with E-state index in [4.69, 9.17) is 0 Å². The second-order valence-electron chi connectivity index (χ2n) is 3.95. The maximum absolute atomic E-state index is 2.46. The molecule has 0 saturated carbocycles. The fourth-order valence-corrected chi connectivity index (χ4v) is 8.62. The summed E-state index contributed by atoms with van der Waals surface area (Å²) in [5, 5.41) is 0. The first-order chi connectivity index (χ1) is 6.85. The van der Waals surface area contributed by atoms with Crippen LogP contribution in [-0.2, 0) is 22.9 Å².